The Balaban J connectivity index is 1.90. The van der Waals surface area contributed by atoms with Crippen LogP contribution >= 0.6 is 0 Å². The second-order valence-corrected chi connectivity index (χ2v) is 4.44. The van der Waals surface area contributed by atoms with Crippen LogP contribution in [-0.2, 0) is 4.74 Å². The van der Waals surface area contributed by atoms with E-state index in [1.165, 1.54) is 0 Å². The van der Waals surface area contributed by atoms with E-state index in [0.717, 1.165) is 31.7 Å². The molecule has 1 aliphatic rings. The average molecular weight is 261 g/mol. The van der Waals surface area contributed by atoms with Crippen molar-refractivity contribution in [3.63, 3.8) is 0 Å². The van der Waals surface area contributed by atoms with Gasteiger partial charge in [0.05, 0.1) is 6.10 Å². The van der Waals surface area contributed by atoms with Crippen molar-refractivity contribution in [1.29, 1.82) is 0 Å². The zero-order chi connectivity index (χ0) is 13.5. The van der Waals surface area contributed by atoms with E-state index in [1.807, 2.05) is 6.07 Å². The Labute approximate surface area is 113 Å². The molecule has 1 saturated heterocycles. The van der Waals surface area contributed by atoms with Crippen molar-refractivity contribution in [2.45, 2.75) is 18.9 Å². The Morgan fingerprint density at radius 1 is 1.63 bits per heavy atom. The Kier molecular flexibility index (Phi) is 4.92. The highest BCUT2D eigenvalue weighted by Gasteiger charge is 2.15. The summed E-state index contributed by atoms with van der Waals surface area (Å²) in [4.78, 5) is 15.8. The second-order valence-electron chi connectivity index (χ2n) is 4.44. The molecular formula is C14H19N3O2. The lowest BCUT2D eigenvalue weighted by molar-refractivity contribution is 0.0953. The SMILES string of the molecule is C=CCNC(=O)c1cc(NCC2CCCO2)ccn1. The number of carbonyl (C=O) groups excluding carboxylic acids is 1. The summed E-state index contributed by atoms with van der Waals surface area (Å²) in [6, 6.07) is 3.59. The highest BCUT2D eigenvalue weighted by atomic mass is 16.5. The minimum atomic E-state index is -0.194. The quantitative estimate of drug-likeness (QED) is 0.763. The summed E-state index contributed by atoms with van der Waals surface area (Å²) in [6.07, 6.45) is 5.74. The molecule has 5 nitrogen and oxygen atoms in total. The zero-order valence-corrected chi connectivity index (χ0v) is 10.9. The van der Waals surface area contributed by atoms with Gasteiger partial charge in [-0.3, -0.25) is 9.78 Å². The smallest absolute Gasteiger partial charge is 0.270 e. The van der Waals surface area contributed by atoms with Crippen molar-refractivity contribution >= 4 is 11.6 Å². The first kappa shape index (κ1) is 13.5. The van der Waals surface area contributed by atoms with Gasteiger partial charge >= 0.3 is 0 Å². The molecule has 1 atom stereocenters. The highest BCUT2D eigenvalue weighted by molar-refractivity contribution is 5.93. The molecule has 1 amide bonds. The molecule has 2 heterocycles. The van der Waals surface area contributed by atoms with Gasteiger partial charge in [0.25, 0.3) is 5.91 Å². The van der Waals surface area contributed by atoms with Crippen LogP contribution in [0.2, 0.25) is 0 Å². The van der Waals surface area contributed by atoms with Crippen molar-refractivity contribution in [3.8, 4) is 0 Å². The van der Waals surface area contributed by atoms with Crippen LogP contribution in [-0.4, -0.2) is 36.7 Å². The molecule has 5 heteroatoms. The Morgan fingerprint density at radius 2 is 2.53 bits per heavy atom. The molecular weight excluding hydrogens is 242 g/mol. The Bertz CT molecular complexity index is 442. The van der Waals surface area contributed by atoms with Gasteiger partial charge in [0.15, 0.2) is 0 Å². The van der Waals surface area contributed by atoms with E-state index in [-0.39, 0.29) is 12.0 Å². The van der Waals surface area contributed by atoms with Gasteiger partial charge in [-0.15, -0.1) is 6.58 Å². The monoisotopic (exact) mass is 261 g/mol. The van der Waals surface area contributed by atoms with E-state index in [4.69, 9.17) is 4.74 Å². The molecule has 1 unspecified atom stereocenters. The van der Waals surface area contributed by atoms with Gasteiger partial charge in [0, 0.05) is 31.6 Å². The number of nitrogens with zero attached hydrogens (tertiary/aromatic N) is 1. The Hall–Kier alpha value is -1.88. The van der Waals surface area contributed by atoms with E-state index < -0.39 is 0 Å². The van der Waals surface area contributed by atoms with Gasteiger partial charge in [0.1, 0.15) is 5.69 Å². The third kappa shape index (κ3) is 4.06. The lowest BCUT2D eigenvalue weighted by Crippen LogP contribution is -2.24. The lowest BCUT2D eigenvalue weighted by atomic mass is 10.2. The number of anilines is 1. The molecule has 0 saturated carbocycles. The fourth-order valence-corrected chi connectivity index (χ4v) is 1.96. The number of hydrogen-bond donors (Lipinski definition) is 2. The van der Waals surface area contributed by atoms with Crippen LogP contribution in [0.3, 0.4) is 0 Å². The van der Waals surface area contributed by atoms with Crippen LogP contribution in [0, 0.1) is 0 Å². The number of rotatable bonds is 6. The van der Waals surface area contributed by atoms with Crippen LogP contribution in [0.25, 0.3) is 0 Å². The largest absolute Gasteiger partial charge is 0.382 e. The predicted octanol–water partition coefficient (Wildman–Crippen LogP) is 1.59. The minimum Gasteiger partial charge on any atom is -0.382 e. The van der Waals surface area contributed by atoms with Gasteiger partial charge in [-0.2, -0.15) is 0 Å². The zero-order valence-electron chi connectivity index (χ0n) is 10.9. The van der Waals surface area contributed by atoms with E-state index >= 15 is 0 Å². The number of amides is 1. The summed E-state index contributed by atoms with van der Waals surface area (Å²) in [6.45, 7) is 5.60. The van der Waals surface area contributed by atoms with Crippen LogP contribution < -0.4 is 10.6 Å². The lowest BCUT2D eigenvalue weighted by Gasteiger charge is -2.12. The molecule has 0 aromatic carbocycles. The molecule has 0 spiro atoms. The van der Waals surface area contributed by atoms with Gasteiger partial charge in [-0.05, 0) is 25.0 Å². The van der Waals surface area contributed by atoms with Gasteiger partial charge < -0.3 is 15.4 Å². The molecule has 1 aliphatic heterocycles. The minimum absolute atomic E-state index is 0.194. The fraction of sp³-hybridized carbons (Fsp3) is 0.429. The number of pyridine rings is 1. The number of hydrogen-bond acceptors (Lipinski definition) is 4. The first-order valence-electron chi connectivity index (χ1n) is 6.50. The predicted molar refractivity (Wildman–Crippen MR) is 74.2 cm³/mol. The van der Waals surface area contributed by atoms with Crippen LogP contribution in [0.4, 0.5) is 5.69 Å². The molecule has 1 aromatic heterocycles. The number of nitrogens with one attached hydrogen (secondary N) is 2. The highest BCUT2D eigenvalue weighted by Crippen LogP contribution is 2.14. The molecule has 0 aliphatic carbocycles. The van der Waals surface area contributed by atoms with E-state index in [9.17, 15) is 4.79 Å². The molecule has 19 heavy (non-hydrogen) atoms. The van der Waals surface area contributed by atoms with Crippen molar-refractivity contribution in [3.05, 3.63) is 36.7 Å². The summed E-state index contributed by atoms with van der Waals surface area (Å²) < 4.78 is 5.54. The van der Waals surface area contributed by atoms with Gasteiger partial charge in [-0.25, -0.2) is 0 Å². The van der Waals surface area contributed by atoms with Crippen molar-refractivity contribution in [2.24, 2.45) is 0 Å². The third-order valence-corrected chi connectivity index (χ3v) is 2.96. The average Bonchev–Trinajstić information content (AvgIpc) is 2.96. The topological polar surface area (TPSA) is 63.2 Å². The number of aromatic nitrogens is 1. The molecule has 0 radical (unpaired) electrons. The summed E-state index contributed by atoms with van der Waals surface area (Å²) in [5.74, 6) is -0.194. The van der Waals surface area contributed by atoms with E-state index in [2.05, 4.69) is 22.2 Å². The van der Waals surface area contributed by atoms with Gasteiger partial charge in [-0.1, -0.05) is 6.08 Å². The summed E-state index contributed by atoms with van der Waals surface area (Å²) in [5, 5.41) is 5.97. The molecule has 1 aromatic rings. The van der Waals surface area contributed by atoms with Crippen LogP contribution in [0.15, 0.2) is 31.0 Å². The van der Waals surface area contributed by atoms with Crippen LogP contribution in [0.1, 0.15) is 23.3 Å². The van der Waals surface area contributed by atoms with Gasteiger partial charge in [0.2, 0.25) is 0 Å². The summed E-state index contributed by atoms with van der Waals surface area (Å²) in [5.41, 5.74) is 1.29. The first-order valence-corrected chi connectivity index (χ1v) is 6.50. The second kappa shape index (κ2) is 6.89. The standard InChI is InChI=1S/C14H19N3O2/c1-2-6-16-14(18)13-9-11(5-7-15-13)17-10-12-4-3-8-19-12/h2,5,7,9,12H,1,3-4,6,8,10H2,(H,15,17)(H,16,18). The maximum atomic E-state index is 11.7. The van der Waals surface area contributed by atoms with E-state index in [1.54, 1.807) is 18.3 Å². The molecule has 2 N–H and O–H groups in total. The molecule has 2 rings (SSSR count). The van der Waals surface area contributed by atoms with Crippen molar-refractivity contribution in [1.82, 2.24) is 10.3 Å². The summed E-state index contributed by atoms with van der Waals surface area (Å²) >= 11 is 0. The number of carbonyl (C=O) groups is 1. The maximum absolute atomic E-state index is 11.7. The van der Waals surface area contributed by atoms with Crippen LogP contribution in [0.5, 0.6) is 0 Å². The molecule has 102 valence electrons. The maximum Gasteiger partial charge on any atom is 0.270 e. The normalized spacial score (nSPS) is 18.0. The summed E-state index contributed by atoms with van der Waals surface area (Å²) in [7, 11) is 0. The first-order chi connectivity index (χ1) is 9.29. The third-order valence-electron chi connectivity index (χ3n) is 2.96. The Morgan fingerprint density at radius 3 is 3.26 bits per heavy atom. The molecule has 1 fully saturated rings. The molecule has 0 bridgehead atoms. The number of ether oxygens (including phenoxy) is 1. The van der Waals surface area contributed by atoms with Crippen molar-refractivity contribution < 1.29 is 9.53 Å². The fourth-order valence-electron chi connectivity index (χ4n) is 1.96. The van der Waals surface area contributed by atoms with Crippen molar-refractivity contribution in [2.75, 3.05) is 25.0 Å². The van der Waals surface area contributed by atoms with E-state index in [0.29, 0.717) is 12.2 Å².